The zero-order chi connectivity index (χ0) is 31.8. The Morgan fingerprint density at radius 1 is 0.543 bits per heavy atom. The standard InChI is InChI=1S/C45H37N/c1-30(11-10-26-46)31-18-20-32(21-19-31)34-24-22-33-23-25-36(28-37(33)27-34)44-41-16-7-5-14-39(41)43(40-15-6-8-17-42(40)44)35-12-9-13-38(29-35)45(2,3)4/h5-29,46H,1H2,2-4H3/b11-10-,46-26?. The second-order valence-electron chi connectivity index (χ2n) is 13.1. The van der Waals surface area contributed by atoms with Gasteiger partial charge in [0.05, 0.1) is 0 Å². The monoisotopic (exact) mass is 591 g/mol. The number of hydrogen-bond acceptors (Lipinski definition) is 1. The third-order valence-corrected chi connectivity index (χ3v) is 9.06. The maximum Gasteiger partial charge on any atom is 0.0177 e. The molecule has 0 bridgehead atoms. The van der Waals surface area contributed by atoms with Gasteiger partial charge in [-0.2, -0.15) is 0 Å². The van der Waals surface area contributed by atoms with Crippen LogP contribution in [-0.4, -0.2) is 6.21 Å². The molecule has 7 rings (SSSR count). The minimum atomic E-state index is 0.0702. The van der Waals surface area contributed by atoms with Crippen LogP contribution in [0.25, 0.3) is 71.3 Å². The van der Waals surface area contributed by atoms with Crippen molar-refractivity contribution in [2.75, 3.05) is 0 Å². The lowest BCUT2D eigenvalue weighted by atomic mass is 9.82. The fourth-order valence-corrected chi connectivity index (χ4v) is 6.61. The molecule has 0 unspecified atom stereocenters. The van der Waals surface area contributed by atoms with Gasteiger partial charge < -0.3 is 5.41 Å². The van der Waals surface area contributed by atoms with Crippen molar-refractivity contribution in [2.45, 2.75) is 26.2 Å². The fourth-order valence-electron chi connectivity index (χ4n) is 6.61. The number of benzene rings is 7. The van der Waals surface area contributed by atoms with Crippen LogP contribution in [0.3, 0.4) is 0 Å². The molecule has 0 amide bonds. The fraction of sp³-hybridized carbons (Fsp3) is 0.0889. The molecule has 46 heavy (non-hydrogen) atoms. The van der Waals surface area contributed by atoms with E-state index in [0.717, 1.165) is 16.7 Å². The molecule has 1 N–H and O–H groups in total. The largest absolute Gasteiger partial charge is 0.309 e. The predicted octanol–water partition coefficient (Wildman–Crippen LogP) is 12.7. The highest BCUT2D eigenvalue weighted by atomic mass is 14.3. The number of hydrogen-bond donors (Lipinski definition) is 1. The Hall–Kier alpha value is -5.53. The van der Waals surface area contributed by atoms with Crippen LogP contribution in [0.1, 0.15) is 31.9 Å². The quantitative estimate of drug-likeness (QED) is 0.113. The third-order valence-electron chi connectivity index (χ3n) is 9.06. The highest BCUT2D eigenvalue weighted by Crippen LogP contribution is 2.44. The van der Waals surface area contributed by atoms with Crippen LogP contribution in [0, 0.1) is 5.41 Å². The van der Waals surface area contributed by atoms with Gasteiger partial charge in [-0.1, -0.05) is 155 Å². The van der Waals surface area contributed by atoms with Gasteiger partial charge in [-0.05, 0) is 106 Å². The Labute approximate surface area is 271 Å². The Morgan fingerprint density at radius 3 is 1.63 bits per heavy atom. The zero-order valence-corrected chi connectivity index (χ0v) is 26.6. The number of rotatable bonds is 6. The van der Waals surface area contributed by atoms with Crippen LogP contribution in [0.2, 0.25) is 0 Å². The van der Waals surface area contributed by atoms with Crippen LogP contribution in [-0.2, 0) is 5.41 Å². The molecule has 0 saturated carbocycles. The lowest BCUT2D eigenvalue weighted by Crippen LogP contribution is -2.10. The van der Waals surface area contributed by atoms with Crippen LogP contribution in [0.15, 0.2) is 152 Å². The number of nitrogens with one attached hydrogen (secondary N) is 1. The maximum absolute atomic E-state index is 7.24. The van der Waals surface area contributed by atoms with Crippen LogP contribution >= 0.6 is 0 Å². The first kappa shape index (κ1) is 29.2. The second kappa shape index (κ2) is 11.8. The first-order valence-corrected chi connectivity index (χ1v) is 15.9. The van der Waals surface area contributed by atoms with Crippen molar-refractivity contribution in [1.29, 1.82) is 5.41 Å². The lowest BCUT2D eigenvalue weighted by molar-refractivity contribution is 0.590. The van der Waals surface area contributed by atoms with E-state index in [1.165, 1.54) is 71.9 Å². The van der Waals surface area contributed by atoms with Crippen molar-refractivity contribution < 1.29 is 0 Å². The van der Waals surface area contributed by atoms with E-state index in [-0.39, 0.29) is 5.41 Å². The molecule has 7 aromatic carbocycles. The van der Waals surface area contributed by atoms with E-state index >= 15 is 0 Å². The summed E-state index contributed by atoms with van der Waals surface area (Å²) in [5, 5.41) is 14.7. The van der Waals surface area contributed by atoms with Gasteiger partial charge in [-0.15, -0.1) is 0 Å². The van der Waals surface area contributed by atoms with Gasteiger partial charge in [0.15, 0.2) is 0 Å². The van der Waals surface area contributed by atoms with Gasteiger partial charge in [0.25, 0.3) is 0 Å². The molecular formula is C45H37N. The molecule has 0 spiro atoms. The van der Waals surface area contributed by atoms with E-state index in [9.17, 15) is 0 Å². The molecule has 0 saturated heterocycles. The average molecular weight is 592 g/mol. The SMILES string of the molecule is C=C(/C=C\C=N)c1ccc(-c2ccc3ccc(-c4c5ccccc5c(-c5cccc(C(C)(C)C)c5)c5ccccc45)cc3c2)cc1. The zero-order valence-electron chi connectivity index (χ0n) is 26.6. The molecule has 1 heteroatoms. The molecule has 222 valence electrons. The van der Waals surface area contributed by atoms with Crippen molar-refractivity contribution in [3.63, 3.8) is 0 Å². The van der Waals surface area contributed by atoms with Gasteiger partial charge in [-0.3, -0.25) is 0 Å². The van der Waals surface area contributed by atoms with Crippen molar-refractivity contribution in [3.05, 3.63) is 163 Å². The Balaban J connectivity index is 1.39. The van der Waals surface area contributed by atoms with E-state index < -0.39 is 0 Å². The molecule has 0 aliphatic rings. The second-order valence-corrected chi connectivity index (χ2v) is 13.1. The highest BCUT2D eigenvalue weighted by molar-refractivity contribution is 6.21. The number of fused-ring (bicyclic) bond motifs is 3. The van der Waals surface area contributed by atoms with E-state index in [1.807, 2.05) is 6.08 Å². The molecule has 0 heterocycles. The smallest absolute Gasteiger partial charge is 0.0177 e. The predicted molar refractivity (Wildman–Crippen MR) is 201 cm³/mol. The molecule has 0 aromatic heterocycles. The summed E-state index contributed by atoms with van der Waals surface area (Å²) in [5.74, 6) is 0. The maximum atomic E-state index is 7.24. The van der Waals surface area contributed by atoms with E-state index in [1.54, 1.807) is 6.08 Å². The van der Waals surface area contributed by atoms with Crippen molar-refractivity contribution >= 4 is 44.1 Å². The molecular weight excluding hydrogens is 555 g/mol. The summed E-state index contributed by atoms with van der Waals surface area (Å²) < 4.78 is 0. The Morgan fingerprint density at radius 2 is 1.07 bits per heavy atom. The van der Waals surface area contributed by atoms with Crippen molar-refractivity contribution in [1.82, 2.24) is 0 Å². The van der Waals surface area contributed by atoms with Crippen LogP contribution in [0.4, 0.5) is 0 Å². The Bertz CT molecular complexity index is 2250. The summed E-state index contributed by atoms with van der Waals surface area (Å²) in [7, 11) is 0. The van der Waals surface area contributed by atoms with Gasteiger partial charge in [0.2, 0.25) is 0 Å². The summed E-state index contributed by atoms with van der Waals surface area (Å²) >= 11 is 0. The molecule has 7 aromatic rings. The summed E-state index contributed by atoms with van der Waals surface area (Å²) in [6.45, 7) is 11.0. The van der Waals surface area contributed by atoms with Gasteiger partial charge in [0.1, 0.15) is 0 Å². The summed E-state index contributed by atoms with van der Waals surface area (Å²) in [6.07, 6.45) is 4.83. The average Bonchev–Trinajstić information content (AvgIpc) is 3.08. The van der Waals surface area contributed by atoms with Crippen LogP contribution in [0.5, 0.6) is 0 Å². The van der Waals surface area contributed by atoms with Crippen molar-refractivity contribution in [2.24, 2.45) is 0 Å². The minimum Gasteiger partial charge on any atom is -0.309 e. The van der Waals surface area contributed by atoms with E-state index in [4.69, 9.17) is 5.41 Å². The summed E-state index contributed by atoms with van der Waals surface area (Å²) in [6, 6.07) is 48.9. The van der Waals surface area contributed by atoms with E-state index in [0.29, 0.717) is 0 Å². The van der Waals surface area contributed by atoms with Gasteiger partial charge in [-0.25, -0.2) is 0 Å². The number of allylic oxidation sites excluding steroid dienone is 3. The molecule has 0 atom stereocenters. The molecule has 0 aliphatic heterocycles. The summed E-state index contributed by atoms with van der Waals surface area (Å²) in [5.41, 5.74) is 10.7. The minimum absolute atomic E-state index is 0.0702. The Kier molecular flexibility index (Phi) is 7.47. The first-order chi connectivity index (χ1) is 22.3. The molecule has 0 fully saturated rings. The van der Waals surface area contributed by atoms with Gasteiger partial charge in [0, 0.05) is 6.21 Å². The highest BCUT2D eigenvalue weighted by Gasteiger charge is 2.19. The molecule has 0 radical (unpaired) electrons. The van der Waals surface area contributed by atoms with Crippen molar-refractivity contribution in [3.8, 4) is 33.4 Å². The summed E-state index contributed by atoms with van der Waals surface area (Å²) in [4.78, 5) is 0. The van der Waals surface area contributed by atoms with E-state index in [2.05, 4.69) is 161 Å². The van der Waals surface area contributed by atoms with Gasteiger partial charge >= 0.3 is 0 Å². The molecule has 0 aliphatic carbocycles. The normalized spacial score (nSPS) is 11.9. The molecule has 1 nitrogen and oxygen atoms in total. The topological polar surface area (TPSA) is 23.9 Å². The first-order valence-electron chi connectivity index (χ1n) is 15.9. The lowest BCUT2D eigenvalue weighted by Gasteiger charge is -2.22. The van der Waals surface area contributed by atoms with Crippen LogP contribution < -0.4 is 0 Å². The third kappa shape index (κ3) is 5.35.